The third-order valence-corrected chi connectivity index (χ3v) is 4.97. The minimum atomic E-state index is -3.53. The Labute approximate surface area is 122 Å². The molecule has 1 heterocycles. The zero-order valence-electron chi connectivity index (χ0n) is 10.1. The lowest BCUT2D eigenvalue weighted by atomic mass is 10.2. The molecule has 5 nitrogen and oxygen atoms in total. The van der Waals surface area contributed by atoms with Crippen LogP contribution in [0, 0.1) is 0 Å². The molecule has 0 saturated carbocycles. The molecule has 1 aliphatic heterocycles. The van der Waals surface area contributed by atoms with Gasteiger partial charge in [-0.25, -0.2) is 0 Å². The Bertz CT molecular complexity index is 598. The molecule has 1 aromatic rings. The molecule has 1 fully saturated rings. The number of nitrogens with two attached hydrogens (primary N) is 1. The van der Waals surface area contributed by atoms with Crippen LogP contribution in [0.3, 0.4) is 0 Å². The van der Waals surface area contributed by atoms with Crippen LogP contribution >= 0.6 is 23.8 Å². The van der Waals surface area contributed by atoms with E-state index in [1.807, 2.05) is 0 Å². The van der Waals surface area contributed by atoms with Crippen molar-refractivity contribution in [2.75, 3.05) is 17.8 Å². The molecule has 3 N–H and O–H groups in total. The van der Waals surface area contributed by atoms with Crippen molar-refractivity contribution in [2.45, 2.75) is 12.8 Å². The normalized spacial score (nSPS) is 16.5. The SMILES string of the molecule is NC(=S)c1ccc(NS(=O)(=O)N2CCCC2)c(Cl)c1. The van der Waals surface area contributed by atoms with E-state index in [0.29, 0.717) is 24.3 Å². The number of benzene rings is 1. The number of rotatable bonds is 4. The van der Waals surface area contributed by atoms with Crippen LogP contribution in [0.4, 0.5) is 5.69 Å². The van der Waals surface area contributed by atoms with Crippen LogP contribution in [-0.4, -0.2) is 30.8 Å². The summed E-state index contributed by atoms with van der Waals surface area (Å²) in [6, 6.07) is 4.74. The van der Waals surface area contributed by atoms with Gasteiger partial charge in [-0.3, -0.25) is 4.72 Å². The van der Waals surface area contributed by atoms with Crippen molar-refractivity contribution in [3.05, 3.63) is 28.8 Å². The molecule has 0 radical (unpaired) electrons. The maximum Gasteiger partial charge on any atom is 0.301 e. The summed E-state index contributed by atoms with van der Waals surface area (Å²) in [5.41, 5.74) is 6.41. The Balaban J connectivity index is 2.21. The van der Waals surface area contributed by atoms with Crippen LogP contribution in [0.2, 0.25) is 5.02 Å². The summed E-state index contributed by atoms with van der Waals surface area (Å²) in [4.78, 5) is 0.218. The Morgan fingerprint density at radius 3 is 2.53 bits per heavy atom. The van der Waals surface area contributed by atoms with Gasteiger partial charge in [-0.1, -0.05) is 23.8 Å². The molecule has 104 valence electrons. The van der Waals surface area contributed by atoms with Gasteiger partial charge in [0.25, 0.3) is 0 Å². The topological polar surface area (TPSA) is 75.4 Å². The summed E-state index contributed by atoms with van der Waals surface area (Å²) in [6.07, 6.45) is 1.77. The zero-order valence-corrected chi connectivity index (χ0v) is 12.5. The predicted molar refractivity (Wildman–Crippen MR) is 80.7 cm³/mol. The molecule has 0 aliphatic carbocycles. The number of thiocarbonyl (C=S) groups is 1. The first-order chi connectivity index (χ1) is 8.90. The molecular weight excluding hydrogens is 306 g/mol. The molecular formula is C11H14ClN3O2S2. The number of anilines is 1. The molecule has 0 amide bonds. The summed E-state index contributed by atoms with van der Waals surface area (Å²) in [5.74, 6) is 0. The number of halogens is 1. The van der Waals surface area contributed by atoms with E-state index in [1.165, 1.54) is 4.31 Å². The highest BCUT2D eigenvalue weighted by molar-refractivity contribution is 7.90. The van der Waals surface area contributed by atoms with Gasteiger partial charge in [0.1, 0.15) is 4.99 Å². The smallest absolute Gasteiger partial charge is 0.301 e. The summed E-state index contributed by atoms with van der Waals surface area (Å²) in [7, 11) is -3.53. The molecule has 0 atom stereocenters. The van der Waals surface area contributed by atoms with E-state index in [1.54, 1.807) is 18.2 Å². The van der Waals surface area contributed by atoms with Gasteiger partial charge in [0.05, 0.1) is 10.7 Å². The lowest BCUT2D eigenvalue weighted by molar-refractivity contribution is 0.482. The van der Waals surface area contributed by atoms with E-state index in [9.17, 15) is 8.42 Å². The number of hydrogen-bond acceptors (Lipinski definition) is 3. The average Bonchev–Trinajstić information content (AvgIpc) is 2.85. The van der Waals surface area contributed by atoms with Gasteiger partial charge >= 0.3 is 10.2 Å². The van der Waals surface area contributed by atoms with Gasteiger partial charge in [0.15, 0.2) is 0 Å². The Hall–Kier alpha value is -0.890. The standard InChI is InChI=1S/C11H14ClN3O2S2/c12-9-7-8(11(13)18)3-4-10(9)14-19(16,17)15-5-1-2-6-15/h3-4,7,14H,1-2,5-6H2,(H2,13,18). The van der Waals surface area contributed by atoms with Crippen LogP contribution < -0.4 is 10.5 Å². The molecule has 0 bridgehead atoms. The maximum absolute atomic E-state index is 12.1. The largest absolute Gasteiger partial charge is 0.389 e. The van der Waals surface area contributed by atoms with E-state index < -0.39 is 10.2 Å². The number of hydrogen-bond donors (Lipinski definition) is 2. The molecule has 0 unspecified atom stereocenters. The first-order valence-corrected chi connectivity index (χ1v) is 8.00. The Morgan fingerprint density at radius 1 is 1.37 bits per heavy atom. The van der Waals surface area contributed by atoms with Crippen molar-refractivity contribution < 1.29 is 8.42 Å². The van der Waals surface area contributed by atoms with Crippen molar-refractivity contribution in [1.82, 2.24) is 4.31 Å². The van der Waals surface area contributed by atoms with Gasteiger partial charge < -0.3 is 5.73 Å². The van der Waals surface area contributed by atoms with Crippen molar-refractivity contribution in [3.8, 4) is 0 Å². The molecule has 19 heavy (non-hydrogen) atoms. The van der Waals surface area contributed by atoms with E-state index in [2.05, 4.69) is 4.72 Å². The zero-order chi connectivity index (χ0) is 14.0. The molecule has 2 rings (SSSR count). The van der Waals surface area contributed by atoms with Gasteiger partial charge in [-0.05, 0) is 31.0 Å². The summed E-state index contributed by atoms with van der Waals surface area (Å²) in [6.45, 7) is 1.08. The van der Waals surface area contributed by atoms with Gasteiger partial charge in [0, 0.05) is 18.7 Å². The fourth-order valence-electron chi connectivity index (χ4n) is 1.88. The fourth-order valence-corrected chi connectivity index (χ4v) is 3.62. The maximum atomic E-state index is 12.1. The summed E-state index contributed by atoms with van der Waals surface area (Å²) < 4.78 is 28.0. The van der Waals surface area contributed by atoms with Gasteiger partial charge in [0.2, 0.25) is 0 Å². The monoisotopic (exact) mass is 319 g/mol. The van der Waals surface area contributed by atoms with Crippen molar-refractivity contribution in [3.63, 3.8) is 0 Å². The molecule has 0 spiro atoms. The third kappa shape index (κ3) is 3.36. The van der Waals surface area contributed by atoms with Crippen LogP contribution in [0.1, 0.15) is 18.4 Å². The summed E-state index contributed by atoms with van der Waals surface area (Å²) >= 11 is 10.9. The highest BCUT2D eigenvalue weighted by atomic mass is 35.5. The van der Waals surface area contributed by atoms with Crippen LogP contribution in [-0.2, 0) is 10.2 Å². The second kappa shape index (κ2) is 5.62. The van der Waals surface area contributed by atoms with Gasteiger partial charge in [-0.2, -0.15) is 12.7 Å². The van der Waals surface area contributed by atoms with Crippen LogP contribution in [0.25, 0.3) is 0 Å². The lowest BCUT2D eigenvalue weighted by Gasteiger charge is -2.17. The number of nitrogens with one attached hydrogen (secondary N) is 1. The molecule has 0 aromatic heterocycles. The third-order valence-electron chi connectivity index (χ3n) is 2.90. The predicted octanol–water partition coefficient (Wildman–Crippen LogP) is 1.73. The quantitative estimate of drug-likeness (QED) is 0.829. The molecule has 1 aliphatic rings. The number of nitrogens with zero attached hydrogens (tertiary/aromatic N) is 1. The molecule has 1 saturated heterocycles. The van der Waals surface area contributed by atoms with Crippen molar-refractivity contribution in [2.24, 2.45) is 5.73 Å². The van der Waals surface area contributed by atoms with E-state index in [4.69, 9.17) is 29.6 Å². The lowest BCUT2D eigenvalue weighted by Crippen LogP contribution is -2.33. The van der Waals surface area contributed by atoms with E-state index in [-0.39, 0.29) is 10.0 Å². The highest BCUT2D eigenvalue weighted by Gasteiger charge is 2.25. The Kier molecular flexibility index (Phi) is 4.29. The van der Waals surface area contributed by atoms with Crippen molar-refractivity contribution >= 4 is 44.7 Å². The average molecular weight is 320 g/mol. The van der Waals surface area contributed by atoms with E-state index >= 15 is 0 Å². The fraction of sp³-hybridized carbons (Fsp3) is 0.364. The highest BCUT2D eigenvalue weighted by Crippen LogP contribution is 2.25. The first kappa shape index (κ1) is 14.5. The second-order valence-corrected chi connectivity index (χ2v) is 6.79. The van der Waals surface area contributed by atoms with Crippen molar-refractivity contribution in [1.29, 1.82) is 0 Å². The minimum absolute atomic E-state index is 0.218. The van der Waals surface area contributed by atoms with Crippen LogP contribution in [0.5, 0.6) is 0 Å². The first-order valence-electron chi connectivity index (χ1n) is 5.77. The molecule has 1 aromatic carbocycles. The summed E-state index contributed by atoms with van der Waals surface area (Å²) in [5, 5.41) is 0.271. The van der Waals surface area contributed by atoms with Crippen LogP contribution in [0.15, 0.2) is 18.2 Å². The van der Waals surface area contributed by atoms with E-state index in [0.717, 1.165) is 12.8 Å². The minimum Gasteiger partial charge on any atom is -0.389 e. The van der Waals surface area contributed by atoms with Gasteiger partial charge in [-0.15, -0.1) is 0 Å². The Morgan fingerprint density at radius 2 is 2.00 bits per heavy atom. The molecule has 8 heteroatoms. The second-order valence-electron chi connectivity index (χ2n) is 4.27.